The average Bonchev–Trinajstić information content (AvgIpc) is 2.88. The third kappa shape index (κ3) is 5.93. The lowest BCUT2D eigenvalue weighted by molar-refractivity contribution is -0.113. The molecule has 0 radical (unpaired) electrons. The van der Waals surface area contributed by atoms with E-state index < -0.39 is 0 Å². The molecule has 0 spiro atoms. The number of nitrogens with zero attached hydrogens (tertiary/aromatic N) is 5. The van der Waals surface area contributed by atoms with Crippen LogP contribution in [0, 0.1) is 11.3 Å². The summed E-state index contributed by atoms with van der Waals surface area (Å²) in [5.74, 6) is 1.79. The SMILES string of the molecule is COc1cccc(N2CCN(c3cc(SCC(=O)Nc4cccc(C#N)c4)ncn3)CC2)c1. The van der Waals surface area contributed by atoms with Gasteiger partial charge in [-0.15, -0.1) is 0 Å². The summed E-state index contributed by atoms with van der Waals surface area (Å²) in [6.07, 6.45) is 1.54. The predicted octanol–water partition coefficient (Wildman–Crippen LogP) is 3.41. The molecule has 4 rings (SSSR count). The van der Waals surface area contributed by atoms with E-state index in [2.05, 4.69) is 43.3 Å². The summed E-state index contributed by atoms with van der Waals surface area (Å²) in [6, 6.07) is 18.9. The van der Waals surface area contributed by atoms with Crippen molar-refractivity contribution < 1.29 is 9.53 Å². The highest BCUT2D eigenvalue weighted by atomic mass is 32.2. The van der Waals surface area contributed by atoms with Gasteiger partial charge >= 0.3 is 0 Å². The van der Waals surface area contributed by atoms with Crippen molar-refractivity contribution in [2.75, 3.05) is 54.2 Å². The molecule has 1 N–H and O–H groups in total. The number of nitrogens with one attached hydrogen (secondary N) is 1. The normalized spacial score (nSPS) is 13.3. The minimum Gasteiger partial charge on any atom is -0.497 e. The van der Waals surface area contributed by atoms with Gasteiger partial charge in [0.05, 0.1) is 24.5 Å². The number of methoxy groups -OCH3 is 1. The van der Waals surface area contributed by atoms with Crippen molar-refractivity contribution in [3.8, 4) is 11.8 Å². The van der Waals surface area contributed by atoms with Crippen LogP contribution in [0.5, 0.6) is 5.75 Å². The Bertz CT molecular complexity index is 1160. The highest BCUT2D eigenvalue weighted by Crippen LogP contribution is 2.25. The van der Waals surface area contributed by atoms with Crippen LogP contribution in [0.15, 0.2) is 66.0 Å². The molecule has 33 heavy (non-hydrogen) atoms. The van der Waals surface area contributed by atoms with Crippen molar-refractivity contribution >= 4 is 34.9 Å². The minimum absolute atomic E-state index is 0.151. The number of piperazine rings is 1. The first-order chi connectivity index (χ1) is 16.1. The first kappa shape index (κ1) is 22.4. The van der Waals surface area contributed by atoms with Crippen LogP contribution in [0.1, 0.15) is 5.56 Å². The molecule has 2 heterocycles. The molecular weight excluding hydrogens is 436 g/mol. The molecule has 1 amide bonds. The fourth-order valence-corrected chi connectivity index (χ4v) is 4.25. The second-order valence-electron chi connectivity index (χ2n) is 7.42. The Balaban J connectivity index is 1.31. The van der Waals surface area contributed by atoms with Crippen LogP contribution in [-0.2, 0) is 4.79 Å². The van der Waals surface area contributed by atoms with Crippen LogP contribution in [0.2, 0.25) is 0 Å². The van der Waals surface area contributed by atoms with Crippen molar-refractivity contribution in [1.29, 1.82) is 5.26 Å². The maximum absolute atomic E-state index is 12.3. The van der Waals surface area contributed by atoms with Crippen LogP contribution in [0.25, 0.3) is 0 Å². The molecular formula is C24H24N6O2S. The first-order valence-electron chi connectivity index (χ1n) is 10.5. The molecule has 9 heteroatoms. The lowest BCUT2D eigenvalue weighted by Gasteiger charge is -2.36. The Morgan fingerprint density at radius 1 is 1.09 bits per heavy atom. The lowest BCUT2D eigenvalue weighted by atomic mass is 10.2. The number of anilines is 3. The number of carbonyl (C=O) groups is 1. The van der Waals surface area contributed by atoms with E-state index in [0.29, 0.717) is 11.3 Å². The number of nitriles is 1. The fraction of sp³-hybridized carbons (Fsp3) is 0.250. The summed E-state index contributed by atoms with van der Waals surface area (Å²) >= 11 is 1.36. The van der Waals surface area contributed by atoms with Gasteiger partial charge in [0.2, 0.25) is 5.91 Å². The minimum atomic E-state index is -0.151. The Kier molecular flexibility index (Phi) is 7.27. The Labute approximate surface area is 197 Å². The molecule has 0 unspecified atom stereocenters. The number of ether oxygens (including phenoxy) is 1. The van der Waals surface area contributed by atoms with E-state index in [9.17, 15) is 4.79 Å². The summed E-state index contributed by atoms with van der Waals surface area (Å²) in [5, 5.41) is 12.5. The molecule has 0 bridgehead atoms. The molecule has 0 aliphatic carbocycles. The van der Waals surface area contributed by atoms with Gasteiger partial charge in [-0.05, 0) is 30.3 Å². The van der Waals surface area contributed by atoms with Crippen molar-refractivity contribution in [2.24, 2.45) is 0 Å². The van der Waals surface area contributed by atoms with Gasteiger partial charge < -0.3 is 19.9 Å². The molecule has 1 saturated heterocycles. The number of hydrogen-bond acceptors (Lipinski definition) is 8. The molecule has 1 aliphatic heterocycles. The number of rotatable bonds is 7. The number of carbonyl (C=O) groups excluding carboxylic acids is 1. The topological polar surface area (TPSA) is 94.4 Å². The molecule has 2 aromatic carbocycles. The Hall–Kier alpha value is -3.77. The summed E-state index contributed by atoms with van der Waals surface area (Å²) in [6.45, 7) is 3.44. The molecule has 1 aromatic heterocycles. The van der Waals surface area contributed by atoms with Crippen LogP contribution >= 0.6 is 11.8 Å². The molecule has 0 saturated carbocycles. The van der Waals surface area contributed by atoms with E-state index in [1.54, 1.807) is 37.7 Å². The van der Waals surface area contributed by atoms with Crippen LogP contribution in [-0.4, -0.2) is 54.9 Å². The van der Waals surface area contributed by atoms with Gasteiger partial charge in [-0.1, -0.05) is 23.9 Å². The second kappa shape index (κ2) is 10.7. The molecule has 8 nitrogen and oxygen atoms in total. The number of aromatic nitrogens is 2. The van der Waals surface area contributed by atoms with E-state index in [-0.39, 0.29) is 11.7 Å². The zero-order chi connectivity index (χ0) is 23.0. The van der Waals surface area contributed by atoms with Crippen molar-refractivity contribution in [1.82, 2.24) is 9.97 Å². The van der Waals surface area contributed by atoms with Crippen molar-refractivity contribution in [3.05, 3.63) is 66.5 Å². The van der Waals surface area contributed by atoms with E-state index in [4.69, 9.17) is 10.00 Å². The van der Waals surface area contributed by atoms with Gasteiger partial charge in [0.25, 0.3) is 0 Å². The fourth-order valence-electron chi connectivity index (χ4n) is 3.59. The molecule has 168 valence electrons. The summed E-state index contributed by atoms with van der Waals surface area (Å²) in [7, 11) is 1.68. The summed E-state index contributed by atoms with van der Waals surface area (Å²) in [4.78, 5) is 25.6. The monoisotopic (exact) mass is 460 g/mol. The maximum atomic E-state index is 12.3. The summed E-state index contributed by atoms with van der Waals surface area (Å²) in [5.41, 5.74) is 2.27. The smallest absolute Gasteiger partial charge is 0.234 e. The van der Waals surface area contributed by atoms with Crippen LogP contribution in [0.3, 0.4) is 0 Å². The van der Waals surface area contributed by atoms with Crippen LogP contribution in [0.4, 0.5) is 17.2 Å². The van der Waals surface area contributed by atoms with E-state index in [0.717, 1.165) is 48.5 Å². The highest BCUT2D eigenvalue weighted by molar-refractivity contribution is 7.99. The van der Waals surface area contributed by atoms with Gasteiger partial charge in [0, 0.05) is 49.7 Å². The highest BCUT2D eigenvalue weighted by Gasteiger charge is 2.19. The number of thioether (sulfide) groups is 1. The van der Waals surface area contributed by atoms with Gasteiger partial charge in [0.1, 0.15) is 22.9 Å². The number of benzene rings is 2. The number of hydrogen-bond donors (Lipinski definition) is 1. The molecule has 1 fully saturated rings. The van der Waals surface area contributed by atoms with E-state index in [1.807, 2.05) is 18.2 Å². The van der Waals surface area contributed by atoms with Gasteiger partial charge in [-0.3, -0.25) is 4.79 Å². The summed E-state index contributed by atoms with van der Waals surface area (Å²) < 4.78 is 5.33. The first-order valence-corrected chi connectivity index (χ1v) is 11.5. The van der Waals surface area contributed by atoms with Crippen molar-refractivity contribution in [2.45, 2.75) is 5.03 Å². The molecule has 1 aliphatic rings. The predicted molar refractivity (Wildman–Crippen MR) is 130 cm³/mol. The average molecular weight is 461 g/mol. The van der Waals surface area contributed by atoms with Crippen LogP contribution < -0.4 is 19.9 Å². The van der Waals surface area contributed by atoms with Gasteiger partial charge in [-0.25, -0.2) is 9.97 Å². The second-order valence-corrected chi connectivity index (χ2v) is 8.42. The molecule has 3 aromatic rings. The third-order valence-electron chi connectivity index (χ3n) is 5.28. The van der Waals surface area contributed by atoms with E-state index in [1.165, 1.54) is 11.8 Å². The Morgan fingerprint density at radius 3 is 2.67 bits per heavy atom. The standard InChI is InChI=1S/C24H24N6O2S/c1-32-21-7-3-6-20(13-21)29-8-10-30(11-9-29)22-14-24(27-17-26-22)33-16-23(31)28-19-5-2-4-18(12-19)15-25/h2-7,12-14,17H,8-11,16H2,1H3,(H,28,31). The number of amides is 1. The van der Waals surface area contributed by atoms with Gasteiger partial charge in [0.15, 0.2) is 0 Å². The Morgan fingerprint density at radius 2 is 1.88 bits per heavy atom. The van der Waals surface area contributed by atoms with Gasteiger partial charge in [-0.2, -0.15) is 5.26 Å². The zero-order valence-electron chi connectivity index (χ0n) is 18.3. The largest absolute Gasteiger partial charge is 0.497 e. The zero-order valence-corrected chi connectivity index (χ0v) is 19.1. The van der Waals surface area contributed by atoms with E-state index >= 15 is 0 Å². The lowest BCUT2D eigenvalue weighted by Crippen LogP contribution is -2.46. The molecule has 0 atom stereocenters. The quantitative estimate of drug-likeness (QED) is 0.423. The third-order valence-corrected chi connectivity index (χ3v) is 6.20. The maximum Gasteiger partial charge on any atom is 0.234 e. The van der Waals surface area contributed by atoms with Crippen molar-refractivity contribution in [3.63, 3.8) is 0 Å².